The highest BCUT2D eigenvalue weighted by Crippen LogP contribution is 2.16. The molecule has 0 unspecified atom stereocenters. The first-order chi connectivity index (χ1) is 13.2. The number of unbranched alkanes of at least 4 members (excludes halogenated alkanes) is 1. The molecule has 2 aromatic carbocycles. The SMILES string of the molecule is CCCCc1ccc(NC(=S)Nc2ccc(C(=O)N3CCCC3)cc2)cc1. The van der Waals surface area contributed by atoms with Gasteiger partial charge in [-0.1, -0.05) is 25.5 Å². The number of nitrogens with zero attached hydrogens (tertiary/aromatic N) is 1. The largest absolute Gasteiger partial charge is 0.339 e. The molecule has 27 heavy (non-hydrogen) atoms. The van der Waals surface area contributed by atoms with Crippen molar-refractivity contribution in [2.24, 2.45) is 0 Å². The second kappa shape index (κ2) is 9.51. The van der Waals surface area contributed by atoms with Gasteiger partial charge in [-0.05, 0) is 79.9 Å². The second-order valence-electron chi connectivity index (χ2n) is 6.96. The van der Waals surface area contributed by atoms with E-state index in [1.807, 2.05) is 29.2 Å². The van der Waals surface area contributed by atoms with E-state index in [1.165, 1.54) is 18.4 Å². The van der Waals surface area contributed by atoms with Crippen LogP contribution in [0.5, 0.6) is 0 Å². The Morgan fingerprint density at radius 3 is 2.07 bits per heavy atom. The lowest BCUT2D eigenvalue weighted by Gasteiger charge is -2.16. The van der Waals surface area contributed by atoms with E-state index in [1.54, 1.807) is 0 Å². The van der Waals surface area contributed by atoms with Gasteiger partial charge in [-0.3, -0.25) is 4.79 Å². The molecule has 4 nitrogen and oxygen atoms in total. The molecule has 1 fully saturated rings. The molecule has 0 spiro atoms. The van der Waals surface area contributed by atoms with Crippen molar-refractivity contribution in [3.63, 3.8) is 0 Å². The van der Waals surface area contributed by atoms with Gasteiger partial charge in [0.05, 0.1) is 0 Å². The van der Waals surface area contributed by atoms with Crippen LogP contribution < -0.4 is 10.6 Å². The molecule has 0 bridgehead atoms. The van der Waals surface area contributed by atoms with Gasteiger partial charge in [0.2, 0.25) is 0 Å². The molecular weight excluding hydrogens is 354 g/mol. The number of hydrogen-bond acceptors (Lipinski definition) is 2. The molecule has 3 rings (SSSR count). The monoisotopic (exact) mass is 381 g/mol. The van der Waals surface area contributed by atoms with E-state index < -0.39 is 0 Å². The Labute approximate surface area is 167 Å². The molecule has 142 valence electrons. The van der Waals surface area contributed by atoms with Crippen molar-refractivity contribution in [2.75, 3.05) is 23.7 Å². The molecular formula is C22H27N3OS. The summed E-state index contributed by atoms with van der Waals surface area (Å²) in [5.41, 5.74) is 3.90. The lowest BCUT2D eigenvalue weighted by atomic mass is 10.1. The first kappa shape index (κ1) is 19.4. The van der Waals surface area contributed by atoms with E-state index in [4.69, 9.17) is 12.2 Å². The molecule has 1 heterocycles. The highest BCUT2D eigenvalue weighted by Gasteiger charge is 2.19. The van der Waals surface area contributed by atoms with Gasteiger partial charge in [0.25, 0.3) is 5.91 Å². The Morgan fingerprint density at radius 1 is 0.963 bits per heavy atom. The normalized spacial score (nSPS) is 13.4. The van der Waals surface area contributed by atoms with E-state index in [9.17, 15) is 4.79 Å². The van der Waals surface area contributed by atoms with Crippen molar-refractivity contribution in [3.05, 3.63) is 59.7 Å². The predicted octanol–water partition coefficient (Wildman–Crippen LogP) is 5.07. The molecule has 1 aliphatic rings. The minimum atomic E-state index is 0.114. The van der Waals surface area contributed by atoms with Crippen LogP contribution >= 0.6 is 12.2 Å². The van der Waals surface area contributed by atoms with E-state index in [0.717, 1.165) is 49.3 Å². The quantitative estimate of drug-likeness (QED) is 0.686. The minimum absolute atomic E-state index is 0.114. The van der Waals surface area contributed by atoms with Gasteiger partial charge in [-0.25, -0.2) is 0 Å². The minimum Gasteiger partial charge on any atom is -0.339 e. The molecule has 1 aliphatic heterocycles. The zero-order valence-electron chi connectivity index (χ0n) is 15.8. The standard InChI is InChI=1S/C22H27N3OS/c1-2-3-6-17-7-11-19(12-8-17)23-22(27)24-20-13-9-18(10-14-20)21(26)25-15-4-5-16-25/h7-14H,2-6,15-16H2,1H3,(H2,23,24,27). The molecule has 0 radical (unpaired) electrons. The summed E-state index contributed by atoms with van der Waals surface area (Å²) in [5.74, 6) is 0.114. The summed E-state index contributed by atoms with van der Waals surface area (Å²) in [6.07, 6.45) is 5.73. The molecule has 0 aromatic heterocycles. The average Bonchev–Trinajstić information content (AvgIpc) is 3.22. The number of carbonyl (C=O) groups excluding carboxylic acids is 1. The number of anilines is 2. The molecule has 1 saturated heterocycles. The Bertz CT molecular complexity index is 765. The maximum absolute atomic E-state index is 12.4. The summed E-state index contributed by atoms with van der Waals surface area (Å²) < 4.78 is 0. The summed E-state index contributed by atoms with van der Waals surface area (Å²) in [6.45, 7) is 3.93. The van der Waals surface area contributed by atoms with Gasteiger partial charge < -0.3 is 15.5 Å². The molecule has 5 heteroatoms. The van der Waals surface area contributed by atoms with Gasteiger partial charge in [0.15, 0.2) is 5.11 Å². The molecule has 1 amide bonds. The molecule has 0 aliphatic carbocycles. The lowest BCUT2D eigenvalue weighted by molar-refractivity contribution is 0.0793. The fourth-order valence-electron chi connectivity index (χ4n) is 3.23. The summed E-state index contributed by atoms with van der Waals surface area (Å²) in [5, 5.41) is 6.91. The van der Waals surface area contributed by atoms with Gasteiger partial charge in [-0.2, -0.15) is 0 Å². The van der Waals surface area contributed by atoms with Crippen LogP contribution in [0, 0.1) is 0 Å². The predicted molar refractivity (Wildman–Crippen MR) is 116 cm³/mol. The molecule has 0 atom stereocenters. The van der Waals surface area contributed by atoms with Crippen LogP contribution in [-0.4, -0.2) is 29.0 Å². The molecule has 2 N–H and O–H groups in total. The number of rotatable bonds is 6. The Balaban J connectivity index is 1.52. The molecule has 2 aromatic rings. The first-order valence-corrected chi connectivity index (χ1v) is 10.1. The summed E-state index contributed by atoms with van der Waals surface area (Å²) in [4.78, 5) is 14.3. The summed E-state index contributed by atoms with van der Waals surface area (Å²) >= 11 is 5.40. The van der Waals surface area contributed by atoms with Crippen LogP contribution in [0.2, 0.25) is 0 Å². The van der Waals surface area contributed by atoms with Crippen molar-refractivity contribution in [3.8, 4) is 0 Å². The number of benzene rings is 2. The third-order valence-corrected chi connectivity index (χ3v) is 5.02. The van der Waals surface area contributed by atoms with Crippen LogP contribution in [0.3, 0.4) is 0 Å². The second-order valence-corrected chi connectivity index (χ2v) is 7.36. The number of nitrogens with one attached hydrogen (secondary N) is 2. The van der Waals surface area contributed by atoms with Crippen LogP contribution in [0.1, 0.15) is 48.5 Å². The van der Waals surface area contributed by atoms with Crippen molar-refractivity contribution in [1.82, 2.24) is 4.90 Å². The average molecular weight is 382 g/mol. The van der Waals surface area contributed by atoms with Crippen molar-refractivity contribution < 1.29 is 4.79 Å². The van der Waals surface area contributed by atoms with E-state index in [0.29, 0.717) is 5.11 Å². The Morgan fingerprint density at radius 2 is 1.52 bits per heavy atom. The fourth-order valence-corrected chi connectivity index (χ4v) is 3.46. The van der Waals surface area contributed by atoms with Gasteiger partial charge in [0.1, 0.15) is 0 Å². The van der Waals surface area contributed by atoms with Crippen LogP contribution in [0.25, 0.3) is 0 Å². The van der Waals surface area contributed by atoms with Gasteiger partial charge in [-0.15, -0.1) is 0 Å². The van der Waals surface area contributed by atoms with Crippen LogP contribution in [0.15, 0.2) is 48.5 Å². The zero-order valence-corrected chi connectivity index (χ0v) is 16.6. The zero-order chi connectivity index (χ0) is 19.1. The number of carbonyl (C=O) groups is 1. The number of hydrogen-bond donors (Lipinski definition) is 2. The van der Waals surface area contributed by atoms with Crippen LogP contribution in [-0.2, 0) is 6.42 Å². The van der Waals surface area contributed by atoms with Gasteiger partial charge in [0, 0.05) is 30.0 Å². The number of amides is 1. The third-order valence-electron chi connectivity index (χ3n) is 4.81. The van der Waals surface area contributed by atoms with Crippen molar-refractivity contribution >= 4 is 34.6 Å². The fraction of sp³-hybridized carbons (Fsp3) is 0.364. The highest BCUT2D eigenvalue weighted by atomic mass is 32.1. The van der Waals surface area contributed by atoms with Crippen molar-refractivity contribution in [2.45, 2.75) is 39.0 Å². The Hall–Kier alpha value is -2.40. The lowest BCUT2D eigenvalue weighted by Crippen LogP contribution is -2.27. The summed E-state index contributed by atoms with van der Waals surface area (Å²) in [6, 6.07) is 15.9. The topological polar surface area (TPSA) is 44.4 Å². The van der Waals surface area contributed by atoms with E-state index >= 15 is 0 Å². The Kier molecular flexibility index (Phi) is 6.82. The van der Waals surface area contributed by atoms with E-state index in [2.05, 4.69) is 41.8 Å². The highest BCUT2D eigenvalue weighted by molar-refractivity contribution is 7.80. The summed E-state index contributed by atoms with van der Waals surface area (Å²) in [7, 11) is 0. The number of thiocarbonyl (C=S) groups is 1. The van der Waals surface area contributed by atoms with E-state index in [-0.39, 0.29) is 5.91 Å². The van der Waals surface area contributed by atoms with Crippen LogP contribution in [0.4, 0.5) is 11.4 Å². The van der Waals surface area contributed by atoms with Gasteiger partial charge >= 0.3 is 0 Å². The van der Waals surface area contributed by atoms with Crippen molar-refractivity contribution in [1.29, 1.82) is 0 Å². The third kappa shape index (κ3) is 5.54. The number of aryl methyl sites for hydroxylation is 1. The smallest absolute Gasteiger partial charge is 0.253 e. The maximum Gasteiger partial charge on any atom is 0.253 e. The molecule has 0 saturated carbocycles. The first-order valence-electron chi connectivity index (χ1n) is 9.72. The maximum atomic E-state index is 12.4. The number of likely N-dealkylation sites (tertiary alicyclic amines) is 1.